The maximum absolute atomic E-state index is 3.55. The summed E-state index contributed by atoms with van der Waals surface area (Å²) >= 11 is 0. The first-order chi connectivity index (χ1) is 10.3. The van der Waals surface area contributed by atoms with Crippen LogP contribution in [0, 0.1) is 12.0 Å². The van der Waals surface area contributed by atoms with Gasteiger partial charge < -0.3 is 37.2 Å². The number of halogens is 3. The summed E-state index contributed by atoms with van der Waals surface area (Å²) in [6.45, 7) is 4.52. The van der Waals surface area contributed by atoms with Crippen LogP contribution >= 0.6 is 0 Å². The van der Waals surface area contributed by atoms with Gasteiger partial charge >= 0.3 is 21.7 Å². The summed E-state index contributed by atoms with van der Waals surface area (Å²) in [4.78, 5) is 0. The topological polar surface area (TPSA) is 0 Å². The van der Waals surface area contributed by atoms with Gasteiger partial charge in [0, 0.05) is 0 Å². The van der Waals surface area contributed by atoms with E-state index in [0.717, 1.165) is 6.42 Å². The van der Waals surface area contributed by atoms with Gasteiger partial charge in [-0.3, -0.25) is 6.08 Å². The Hall–Kier alpha value is -0.496. The van der Waals surface area contributed by atoms with E-state index in [1.165, 1.54) is 22.3 Å². The molecule has 0 atom stereocenters. The van der Waals surface area contributed by atoms with E-state index in [-0.39, 0.29) is 58.9 Å². The van der Waals surface area contributed by atoms with E-state index in [2.05, 4.69) is 86.7 Å². The van der Waals surface area contributed by atoms with Crippen LogP contribution in [0.1, 0.15) is 37.3 Å². The van der Waals surface area contributed by atoms with Crippen LogP contribution in [0.2, 0.25) is 0 Å². The van der Waals surface area contributed by atoms with Crippen LogP contribution in [0.25, 0.3) is 0 Å². The van der Waals surface area contributed by atoms with Gasteiger partial charge in [-0.2, -0.15) is 11.6 Å². The predicted octanol–water partition coefficient (Wildman–Crippen LogP) is -3.46. The van der Waals surface area contributed by atoms with Crippen molar-refractivity contribution in [1.82, 2.24) is 0 Å². The fraction of sp³-hybridized carbons (Fsp3) is 0.238. The van der Waals surface area contributed by atoms with Crippen molar-refractivity contribution in [1.29, 1.82) is 0 Å². The minimum absolute atomic E-state index is 0. The number of hydrogen-bond donors (Lipinski definition) is 0. The summed E-state index contributed by atoms with van der Waals surface area (Å²) in [5.41, 5.74) is 5.53. The molecule has 25 heavy (non-hydrogen) atoms. The molecule has 0 heterocycles. The zero-order valence-corrected chi connectivity index (χ0v) is 18.2. The average molecular weight is 428 g/mol. The number of rotatable bonds is 4. The molecule has 0 aliphatic heterocycles. The van der Waals surface area contributed by atoms with Gasteiger partial charge in [0.15, 0.2) is 0 Å². The molecule has 0 saturated heterocycles. The molecule has 0 nitrogen and oxygen atoms in total. The van der Waals surface area contributed by atoms with Gasteiger partial charge in [0.25, 0.3) is 0 Å². The molecule has 0 fully saturated rings. The Morgan fingerprint density at radius 2 is 1.20 bits per heavy atom. The van der Waals surface area contributed by atoms with Crippen molar-refractivity contribution in [2.24, 2.45) is 5.92 Å². The van der Waals surface area contributed by atoms with E-state index in [0.29, 0.717) is 11.8 Å². The van der Waals surface area contributed by atoms with Crippen molar-refractivity contribution >= 4 is 0 Å². The summed E-state index contributed by atoms with van der Waals surface area (Å²) < 4.78 is 0. The van der Waals surface area contributed by atoms with Crippen LogP contribution in [0.15, 0.2) is 77.9 Å². The van der Waals surface area contributed by atoms with Crippen molar-refractivity contribution in [2.45, 2.75) is 26.2 Å². The molecule has 0 spiro atoms. The molecule has 130 valence electrons. The minimum Gasteiger partial charge on any atom is -1.00 e. The van der Waals surface area contributed by atoms with Crippen LogP contribution in [-0.2, 0) is 21.7 Å². The normalized spacial score (nSPS) is 12.2. The molecule has 0 N–H and O–H groups in total. The molecule has 0 radical (unpaired) electrons. The van der Waals surface area contributed by atoms with Gasteiger partial charge in [0.1, 0.15) is 0 Å². The quantitative estimate of drug-likeness (QED) is 0.352. The van der Waals surface area contributed by atoms with Crippen LogP contribution < -0.4 is 37.2 Å². The van der Waals surface area contributed by atoms with Gasteiger partial charge in [0.05, 0.1) is 0 Å². The van der Waals surface area contributed by atoms with Crippen molar-refractivity contribution < 1.29 is 58.9 Å². The molecule has 0 unspecified atom stereocenters. The molecule has 0 amide bonds. The molecule has 2 aromatic carbocycles. The molecule has 3 rings (SSSR count). The first-order valence-corrected chi connectivity index (χ1v) is 7.68. The Kier molecular flexibility index (Phi) is 13.7. The SMILES string of the molecule is CC(C)C1=[C-]CC=C1C(c1ccccc1)c1ccccc1.[Cl-].[Cl-].[Cl-].[Ti+4]. The second kappa shape index (κ2) is 12.8. The van der Waals surface area contributed by atoms with Crippen molar-refractivity contribution in [3.8, 4) is 0 Å². The van der Waals surface area contributed by atoms with E-state index in [1.807, 2.05) is 0 Å². The Labute approximate surface area is 185 Å². The summed E-state index contributed by atoms with van der Waals surface area (Å²) in [6, 6.07) is 21.6. The van der Waals surface area contributed by atoms with E-state index < -0.39 is 0 Å². The number of hydrogen-bond acceptors (Lipinski definition) is 0. The Morgan fingerprint density at radius 1 is 0.760 bits per heavy atom. The standard InChI is InChI=1S/C21H21.3ClH.Ti/c1-16(2)19-14-9-15-20(19)21(17-10-5-3-6-11-17)18-12-7-4-8-13-18;;;;/h3-8,10-13,15-16,21H,9H2,1-2H3;3*1H;/q-1;;;;+4/p-3. The Balaban J connectivity index is 0. The van der Waals surface area contributed by atoms with Crippen LogP contribution in [0.3, 0.4) is 0 Å². The molecule has 0 saturated carbocycles. The van der Waals surface area contributed by atoms with Crippen LogP contribution in [0.5, 0.6) is 0 Å². The van der Waals surface area contributed by atoms with Crippen molar-refractivity contribution in [3.63, 3.8) is 0 Å². The fourth-order valence-corrected chi connectivity index (χ4v) is 3.14. The summed E-state index contributed by atoms with van der Waals surface area (Å²) in [5, 5.41) is 0. The molecular formula is C21H21Cl3Ti. The third-order valence-electron chi connectivity index (χ3n) is 4.08. The van der Waals surface area contributed by atoms with Crippen LogP contribution in [0.4, 0.5) is 0 Å². The Morgan fingerprint density at radius 3 is 1.60 bits per heavy atom. The molecule has 2 aromatic rings. The fourth-order valence-electron chi connectivity index (χ4n) is 3.14. The molecule has 1 aliphatic rings. The third-order valence-corrected chi connectivity index (χ3v) is 4.08. The van der Waals surface area contributed by atoms with Gasteiger partial charge in [-0.1, -0.05) is 91.6 Å². The second-order valence-corrected chi connectivity index (χ2v) is 5.86. The largest absolute Gasteiger partial charge is 4.00 e. The predicted molar refractivity (Wildman–Crippen MR) is 89.0 cm³/mol. The Bertz CT molecular complexity index is 625. The van der Waals surface area contributed by atoms with Gasteiger partial charge in [0.2, 0.25) is 0 Å². The molecule has 4 heteroatoms. The van der Waals surface area contributed by atoms with Gasteiger partial charge in [-0.15, -0.1) is 6.42 Å². The van der Waals surface area contributed by atoms with E-state index in [1.54, 1.807) is 0 Å². The zero-order chi connectivity index (χ0) is 14.7. The maximum Gasteiger partial charge on any atom is 4.00 e. The number of allylic oxidation sites excluding steroid dienone is 4. The van der Waals surface area contributed by atoms with Gasteiger partial charge in [-0.05, 0) is 5.92 Å². The monoisotopic (exact) mass is 426 g/mol. The van der Waals surface area contributed by atoms with E-state index >= 15 is 0 Å². The van der Waals surface area contributed by atoms with Gasteiger partial charge in [-0.25, -0.2) is 5.57 Å². The smallest absolute Gasteiger partial charge is 1.00 e. The average Bonchev–Trinajstić information content (AvgIpc) is 2.99. The minimum atomic E-state index is 0. The second-order valence-electron chi connectivity index (χ2n) is 5.86. The molecule has 0 aromatic heterocycles. The molecule has 0 bridgehead atoms. The first-order valence-electron chi connectivity index (χ1n) is 7.68. The summed E-state index contributed by atoms with van der Waals surface area (Å²) in [5.74, 6) is 0.841. The third kappa shape index (κ3) is 6.31. The molecular weight excluding hydrogens is 406 g/mol. The van der Waals surface area contributed by atoms with Crippen LogP contribution in [-0.4, -0.2) is 0 Å². The van der Waals surface area contributed by atoms with Crippen molar-refractivity contribution in [3.05, 3.63) is 95.1 Å². The molecule has 1 aliphatic carbocycles. The maximum atomic E-state index is 3.55. The van der Waals surface area contributed by atoms with Crippen molar-refractivity contribution in [2.75, 3.05) is 0 Å². The summed E-state index contributed by atoms with van der Waals surface area (Å²) in [6.07, 6.45) is 6.84. The summed E-state index contributed by atoms with van der Waals surface area (Å²) in [7, 11) is 0. The van der Waals surface area contributed by atoms with E-state index in [9.17, 15) is 0 Å². The van der Waals surface area contributed by atoms with E-state index in [4.69, 9.17) is 0 Å². The zero-order valence-electron chi connectivity index (χ0n) is 14.3. The number of benzene rings is 2. The first kappa shape index (κ1) is 26.7.